The monoisotopic (exact) mass is 309 g/mol. The van der Waals surface area contributed by atoms with Gasteiger partial charge in [-0.15, -0.1) is 0 Å². The smallest absolute Gasteiger partial charge is 0.258 e. The molecule has 0 atom stereocenters. The lowest BCUT2D eigenvalue weighted by Gasteiger charge is -2.06. The van der Waals surface area contributed by atoms with Gasteiger partial charge in [-0.25, -0.2) is 0 Å². The van der Waals surface area contributed by atoms with Crippen molar-refractivity contribution in [2.24, 2.45) is 7.05 Å². The average Bonchev–Trinajstić information content (AvgIpc) is 2.56. The minimum Gasteiger partial charge on any atom is -0.394 e. The van der Waals surface area contributed by atoms with Crippen molar-refractivity contribution in [2.75, 3.05) is 11.1 Å². The molecule has 0 radical (unpaired) electrons. The van der Waals surface area contributed by atoms with Crippen molar-refractivity contribution in [3.63, 3.8) is 0 Å². The van der Waals surface area contributed by atoms with Gasteiger partial charge in [-0.3, -0.25) is 14.5 Å². The molecule has 2 heterocycles. The number of carbonyl (C=O) groups excluding carboxylic acids is 1. The standard InChI is InChI=1S/C11H12BrN5O/c1-6-9(13)10(17(2)16-6)15-11(18)7-3-8(12)5-14-4-7/h3-5H,13H2,1-2H3,(H,15,18). The summed E-state index contributed by atoms with van der Waals surface area (Å²) in [5.74, 6) is 0.205. The maximum absolute atomic E-state index is 12.0. The zero-order chi connectivity index (χ0) is 13.3. The van der Waals surface area contributed by atoms with Crippen LogP contribution < -0.4 is 11.1 Å². The second kappa shape index (κ2) is 4.77. The van der Waals surface area contributed by atoms with Crippen LogP contribution >= 0.6 is 15.9 Å². The Hall–Kier alpha value is -1.89. The van der Waals surface area contributed by atoms with Crippen LogP contribution in [0.3, 0.4) is 0 Å². The molecule has 0 bridgehead atoms. The Bertz CT molecular complexity index is 607. The number of halogens is 1. The Morgan fingerprint density at radius 2 is 2.22 bits per heavy atom. The Morgan fingerprint density at radius 1 is 1.50 bits per heavy atom. The Morgan fingerprint density at radius 3 is 2.78 bits per heavy atom. The summed E-state index contributed by atoms with van der Waals surface area (Å²) in [7, 11) is 1.72. The van der Waals surface area contributed by atoms with E-state index in [1.54, 1.807) is 26.2 Å². The van der Waals surface area contributed by atoms with Crippen LogP contribution in [-0.4, -0.2) is 20.7 Å². The second-order valence-corrected chi connectivity index (χ2v) is 4.73. The van der Waals surface area contributed by atoms with Crippen molar-refractivity contribution < 1.29 is 4.79 Å². The highest BCUT2D eigenvalue weighted by Gasteiger charge is 2.14. The van der Waals surface area contributed by atoms with E-state index in [9.17, 15) is 4.79 Å². The van der Waals surface area contributed by atoms with Gasteiger partial charge in [0.25, 0.3) is 5.91 Å². The molecule has 0 unspecified atom stereocenters. The molecule has 7 heteroatoms. The first-order chi connectivity index (χ1) is 8.49. The van der Waals surface area contributed by atoms with Crippen LogP contribution in [0.1, 0.15) is 16.1 Å². The normalized spacial score (nSPS) is 10.4. The number of hydrogen-bond donors (Lipinski definition) is 2. The molecule has 0 fully saturated rings. The third-order valence-corrected chi connectivity index (χ3v) is 2.90. The summed E-state index contributed by atoms with van der Waals surface area (Å²) in [6.07, 6.45) is 3.10. The van der Waals surface area contributed by atoms with Gasteiger partial charge in [0.15, 0.2) is 5.82 Å². The molecule has 18 heavy (non-hydrogen) atoms. The number of pyridine rings is 1. The molecule has 2 aromatic heterocycles. The third-order valence-electron chi connectivity index (χ3n) is 2.47. The van der Waals surface area contributed by atoms with Gasteiger partial charge in [0.05, 0.1) is 16.9 Å². The number of aromatic nitrogens is 3. The quantitative estimate of drug-likeness (QED) is 0.884. The molecule has 2 aromatic rings. The predicted molar refractivity (Wildman–Crippen MR) is 72.2 cm³/mol. The minimum atomic E-state index is -0.279. The van der Waals surface area contributed by atoms with Crippen LogP contribution in [-0.2, 0) is 7.05 Å². The molecule has 0 saturated heterocycles. The Balaban J connectivity index is 2.27. The van der Waals surface area contributed by atoms with Gasteiger partial charge in [-0.05, 0) is 28.9 Å². The van der Waals surface area contributed by atoms with Crippen LogP contribution in [0.2, 0.25) is 0 Å². The number of nitrogens with zero attached hydrogens (tertiary/aromatic N) is 3. The number of nitrogen functional groups attached to an aromatic ring is 1. The summed E-state index contributed by atoms with van der Waals surface area (Å²) in [4.78, 5) is 15.9. The Labute approximate surface area is 112 Å². The molecular formula is C11H12BrN5O. The molecule has 94 valence electrons. The molecule has 0 aliphatic rings. The van der Waals surface area contributed by atoms with Gasteiger partial charge in [0.2, 0.25) is 0 Å². The minimum absolute atomic E-state index is 0.279. The van der Waals surface area contributed by atoms with E-state index in [0.717, 1.165) is 4.47 Å². The number of aryl methyl sites for hydroxylation is 2. The number of amides is 1. The van der Waals surface area contributed by atoms with Crippen LogP contribution in [0.25, 0.3) is 0 Å². The van der Waals surface area contributed by atoms with Crippen molar-refractivity contribution in [1.82, 2.24) is 14.8 Å². The third kappa shape index (κ3) is 2.35. The lowest BCUT2D eigenvalue weighted by atomic mass is 10.2. The van der Waals surface area contributed by atoms with Crippen LogP contribution in [0, 0.1) is 6.92 Å². The summed E-state index contributed by atoms with van der Waals surface area (Å²) in [6, 6.07) is 1.68. The lowest BCUT2D eigenvalue weighted by Crippen LogP contribution is -2.15. The van der Waals surface area contributed by atoms with Crippen molar-refractivity contribution in [3.05, 3.63) is 34.2 Å². The largest absolute Gasteiger partial charge is 0.394 e. The van der Waals surface area contributed by atoms with Gasteiger partial charge in [-0.1, -0.05) is 0 Å². The summed E-state index contributed by atoms with van der Waals surface area (Å²) in [5.41, 5.74) is 7.43. The van der Waals surface area contributed by atoms with Crippen LogP contribution in [0.5, 0.6) is 0 Å². The topological polar surface area (TPSA) is 85.8 Å². The first-order valence-electron chi connectivity index (χ1n) is 5.20. The van der Waals surface area contributed by atoms with Crippen molar-refractivity contribution >= 4 is 33.3 Å². The van der Waals surface area contributed by atoms with Crippen LogP contribution in [0.4, 0.5) is 11.5 Å². The first kappa shape index (κ1) is 12.6. The molecule has 1 amide bonds. The van der Waals surface area contributed by atoms with E-state index in [1.165, 1.54) is 10.9 Å². The molecule has 0 saturated carbocycles. The van der Waals surface area contributed by atoms with Crippen molar-refractivity contribution in [2.45, 2.75) is 6.92 Å². The Kier molecular flexibility index (Phi) is 3.33. The molecule has 3 N–H and O–H groups in total. The number of hydrogen-bond acceptors (Lipinski definition) is 4. The molecule has 6 nitrogen and oxygen atoms in total. The molecule has 0 spiro atoms. The van der Waals surface area contributed by atoms with E-state index in [0.29, 0.717) is 22.8 Å². The molecule has 2 rings (SSSR count). The number of rotatable bonds is 2. The summed E-state index contributed by atoms with van der Waals surface area (Å²) < 4.78 is 2.28. The van der Waals surface area contributed by atoms with Gasteiger partial charge in [0, 0.05) is 23.9 Å². The van der Waals surface area contributed by atoms with E-state index in [4.69, 9.17) is 5.73 Å². The lowest BCUT2D eigenvalue weighted by molar-refractivity contribution is 0.102. The van der Waals surface area contributed by atoms with Gasteiger partial charge < -0.3 is 11.1 Å². The fourth-order valence-corrected chi connectivity index (χ4v) is 1.90. The van der Waals surface area contributed by atoms with Crippen molar-refractivity contribution in [1.29, 1.82) is 0 Å². The maximum Gasteiger partial charge on any atom is 0.258 e. The summed E-state index contributed by atoms with van der Waals surface area (Å²) in [6.45, 7) is 1.78. The van der Waals surface area contributed by atoms with E-state index in [2.05, 4.69) is 31.3 Å². The van der Waals surface area contributed by atoms with E-state index in [1.807, 2.05) is 0 Å². The van der Waals surface area contributed by atoms with Crippen LogP contribution in [0.15, 0.2) is 22.9 Å². The van der Waals surface area contributed by atoms with Crippen molar-refractivity contribution in [3.8, 4) is 0 Å². The summed E-state index contributed by atoms with van der Waals surface area (Å²) in [5, 5.41) is 6.85. The highest BCUT2D eigenvalue weighted by molar-refractivity contribution is 9.10. The van der Waals surface area contributed by atoms with E-state index < -0.39 is 0 Å². The maximum atomic E-state index is 12.0. The summed E-state index contributed by atoms with van der Waals surface area (Å²) >= 11 is 3.26. The molecule has 0 aliphatic heterocycles. The van der Waals surface area contributed by atoms with E-state index in [-0.39, 0.29) is 5.91 Å². The highest BCUT2D eigenvalue weighted by atomic mass is 79.9. The fourth-order valence-electron chi connectivity index (χ4n) is 1.54. The molecule has 0 aromatic carbocycles. The SMILES string of the molecule is Cc1nn(C)c(NC(=O)c2cncc(Br)c2)c1N. The average molecular weight is 310 g/mol. The number of nitrogens with one attached hydrogen (secondary N) is 1. The van der Waals surface area contributed by atoms with Gasteiger partial charge in [-0.2, -0.15) is 5.10 Å². The number of nitrogens with two attached hydrogens (primary N) is 1. The number of carbonyl (C=O) groups is 1. The first-order valence-corrected chi connectivity index (χ1v) is 5.99. The zero-order valence-corrected chi connectivity index (χ0v) is 11.5. The van der Waals surface area contributed by atoms with Gasteiger partial charge >= 0.3 is 0 Å². The van der Waals surface area contributed by atoms with E-state index >= 15 is 0 Å². The zero-order valence-electron chi connectivity index (χ0n) is 9.94. The predicted octanol–water partition coefficient (Wildman–Crippen LogP) is 1.72. The molecular weight excluding hydrogens is 298 g/mol. The number of anilines is 2. The fraction of sp³-hybridized carbons (Fsp3) is 0.182. The second-order valence-electron chi connectivity index (χ2n) is 3.82. The highest BCUT2D eigenvalue weighted by Crippen LogP contribution is 2.21. The van der Waals surface area contributed by atoms with Gasteiger partial charge in [0.1, 0.15) is 0 Å². The molecule has 0 aliphatic carbocycles.